The summed E-state index contributed by atoms with van der Waals surface area (Å²) in [6, 6.07) is 12.3. The number of hydrogen-bond donors (Lipinski definition) is 2. The van der Waals surface area contributed by atoms with Crippen molar-refractivity contribution in [3.63, 3.8) is 0 Å². The molecule has 0 fully saturated rings. The zero-order valence-electron chi connectivity index (χ0n) is 10.8. The summed E-state index contributed by atoms with van der Waals surface area (Å²) in [5, 5.41) is 0. The van der Waals surface area contributed by atoms with Crippen LogP contribution in [0.1, 0.15) is 17.3 Å². The van der Waals surface area contributed by atoms with Gasteiger partial charge in [0.15, 0.2) is 0 Å². The highest BCUT2D eigenvalue weighted by molar-refractivity contribution is 5.94. The van der Waals surface area contributed by atoms with E-state index < -0.39 is 5.91 Å². The van der Waals surface area contributed by atoms with Crippen LogP contribution in [0.4, 0.5) is 0 Å². The number of hydrazine groups is 1. The molecule has 0 saturated heterocycles. The minimum atomic E-state index is -0.445. The fourth-order valence-electron chi connectivity index (χ4n) is 1.40. The summed E-state index contributed by atoms with van der Waals surface area (Å²) in [7, 11) is 0. The average molecular weight is 271 g/mol. The molecule has 0 unspecified atom stereocenters. The van der Waals surface area contributed by atoms with Gasteiger partial charge in [0, 0.05) is 19.2 Å². The van der Waals surface area contributed by atoms with E-state index in [1.54, 1.807) is 24.3 Å². The van der Waals surface area contributed by atoms with Crippen LogP contribution in [0.2, 0.25) is 0 Å². The minimum Gasteiger partial charge on any atom is -0.439 e. The molecule has 6 nitrogen and oxygen atoms in total. The number of carbonyl (C=O) groups excluding carboxylic acids is 2. The lowest BCUT2D eigenvalue weighted by atomic mass is 10.3. The van der Waals surface area contributed by atoms with Crippen molar-refractivity contribution in [3.05, 3.63) is 54.2 Å². The van der Waals surface area contributed by atoms with E-state index >= 15 is 0 Å². The van der Waals surface area contributed by atoms with Crippen LogP contribution in [0.15, 0.2) is 48.7 Å². The van der Waals surface area contributed by atoms with Crippen LogP contribution in [0, 0.1) is 0 Å². The summed E-state index contributed by atoms with van der Waals surface area (Å²) in [4.78, 5) is 26.3. The third-order valence-corrected chi connectivity index (χ3v) is 2.32. The first-order valence-corrected chi connectivity index (χ1v) is 5.91. The van der Waals surface area contributed by atoms with Crippen molar-refractivity contribution in [3.8, 4) is 11.6 Å². The molecular formula is C14H13N3O3. The molecule has 20 heavy (non-hydrogen) atoms. The second-order valence-corrected chi connectivity index (χ2v) is 3.94. The number of pyridine rings is 1. The molecule has 0 aliphatic heterocycles. The van der Waals surface area contributed by atoms with Crippen LogP contribution in [-0.4, -0.2) is 16.8 Å². The number of nitrogens with zero attached hydrogens (tertiary/aromatic N) is 1. The van der Waals surface area contributed by atoms with Gasteiger partial charge in [-0.2, -0.15) is 0 Å². The molecule has 0 radical (unpaired) electrons. The number of benzene rings is 1. The Balaban J connectivity index is 1.99. The van der Waals surface area contributed by atoms with Gasteiger partial charge in [0.1, 0.15) is 5.75 Å². The maximum Gasteiger partial charge on any atom is 0.271 e. The lowest BCUT2D eigenvalue weighted by Crippen LogP contribution is -2.40. The molecule has 2 N–H and O–H groups in total. The predicted molar refractivity (Wildman–Crippen MR) is 72.0 cm³/mol. The third-order valence-electron chi connectivity index (χ3n) is 2.32. The van der Waals surface area contributed by atoms with E-state index in [9.17, 15) is 9.59 Å². The maximum absolute atomic E-state index is 11.6. The molecule has 2 amide bonds. The smallest absolute Gasteiger partial charge is 0.271 e. The Morgan fingerprint density at radius 1 is 1.05 bits per heavy atom. The molecule has 0 aliphatic rings. The Labute approximate surface area is 115 Å². The highest BCUT2D eigenvalue weighted by Gasteiger charge is 2.06. The summed E-state index contributed by atoms with van der Waals surface area (Å²) >= 11 is 0. The van der Waals surface area contributed by atoms with Crippen molar-refractivity contribution in [2.45, 2.75) is 6.92 Å². The van der Waals surface area contributed by atoms with Crippen LogP contribution in [0.25, 0.3) is 0 Å². The second-order valence-electron chi connectivity index (χ2n) is 3.94. The number of amides is 2. The van der Waals surface area contributed by atoms with Crippen molar-refractivity contribution in [1.82, 2.24) is 15.8 Å². The number of nitrogens with one attached hydrogen (secondary N) is 2. The molecular weight excluding hydrogens is 258 g/mol. The van der Waals surface area contributed by atoms with Gasteiger partial charge in [-0.1, -0.05) is 18.2 Å². The highest BCUT2D eigenvalue weighted by atomic mass is 16.5. The van der Waals surface area contributed by atoms with Crippen LogP contribution in [-0.2, 0) is 4.79 Å². The fourth-order valence-corrected chi connectivity index (χ4v) is 1.40. The van der Waals surface area contributed by atoms with E-state index in [2.05, 4.69) is 15.8 Å². The zero-order chi connectivity index (χ0) is 14.4. The molecule has 1 aromatic heterocycles. The van der Waals surface area contributed by atoms with Crippen LogP contribution < -0.4 is 15.6 Å². The normalized spacial score (nSPS) is 9.65. The summed E-state index contributed by atoms with van der Waals surface area (Å²) in [6.45, 7) is 1.30. The predicted octanol–water partition coefficient (Wildman–Crippen LogP) is 1.65. The second kappa shape index (κ2) is 6.33. The summed E-state index contributed by atoms with van der Waals surface area (Å²) in [5.41, 5.74) is 4.77. The quantitative estimate of drug-likeness (QED) is 0.832. The number of carbonyl (C=O) groups is 2. The first kappa shape index (κ1) is 13.5. The number of aromatic nitrogens is 1. The summed E-state index contributed by atoms with van der Waals surface area (Å²) in [5.74, 6) is 0.247. The first-order chi connectivity index (χ1) is 9.65. The lowest BCUT2D eigenvalue weighted by Gasteiger charge is -2.06. The van der Waals surface area contributed by atoms with E-state index in [1.807, 2.05) is 18.2 Å². The summed E-state index contributed by atoms with van der Waals surface area (Å²) < 4.78 is 5.50. The van der Waals surface area contributed by atoms with E-state index in [-0.39, 0.29) is 5.91 Å². The Bertz CT molecular complexity index is 597. The molecule has 0 saturated carbocycles. The Kier molecular flexibility index (Phi) is 4.28. The van der Waals surface area contributed by atoms with Crippen LogP contribution in [0.5, 0.6) is 11.6 Å². The Morgan fingerprint density at radius 2 is 1.80 bits per heavy atom. The zero-order valence-corrected chi connectivity index (χ0v) is 10.8. The number of ether oxygens (including phenoxy) is 1. The van der Waals surface area contributed by atoms with Gasteiger partial charge in [-0.3, -0.25) is 20.4 Å². The van der Waals surface area contributed by atoms with E-state index in [1.165, 1.54) is 13.1 Å². The number of para-hydroxylation sites is 1. The van der Waals surface area contributed by atoms with Gasteiger partial charge >= 0.3 is 0 Å². The van der Waals surface area contributed by atoms with Gasteiger partial charge in [0.05, 0.1) is 5.56 Å². The Hall–Kier alpha value is -2.89. The SMILES string of the molecule is CC(=O)NNC(=O)c1ccc(Oc2ccccc2)nc1. The van der Waals surface area contributed by atoms with Gasteiger partial charge in [-0.15, -0.1) is 0 Å². The molecule has 0 aliphatic carbocycles. The van der Waals surface area contributed by atoms with Gasteiger partial charge in [-0.05, 0) is 18.2 Å². The first-order valence-electron chi connectivity index (χ1n) is 5.91. The van der Waals surface area contributed by atoms with Crippen molar-refractivity contribution < 1.29 is 14.3 Å². The maximum atomic E-state index is 11.6. The standard InChI is InChI=1S/C14H13N3O3/c1-10(18)16-17-14(19)11-7-8-13(15-9-11)20-12-5-3-2-4-6-12/h2-9H,1H3,(H,16,18)(H,17,19). The van der Waals surface area contributed by atoms with Gasteiger partial charge in [0.25, 0.3) is 5.91 Å². The largest absolute Gasteiger partial charge is 0.439 e. The van der Waals surface area contributed by atoms with E-state index in [4.69, 9.17) is 4.74 Å². The molecule has 0 bridgehead atoms. The average Bonchev–Trinajstić information content (AvgIpc) is 2.46. The topological polar surface area (TPSA) is 80.3 Å². The van der Waals surface area contributed by atoms with Gasteiger partial charge < -0.3 is 4.74 Å². The van der Waals surface area contributed by atoms with E-state index in [0.717, 1.165) is 0 Å². The number of rotatable bonds is 3. The van der Waals surface area contributed by atoms with Crippen molar-refractivity contribution >= 4 is 11.8 Å². The molecule has 1 aromatic carbocycles. The minimum absolute atomic E-state index is 0.319. The molecule has 0 spiro atoms. The van der Waals surface area contributed by atoms with Crippen molar-refractivity contribution in [2.24, 2.45) is 0 Å². The van der Waals surface area contributed by atoms with Gasteiger partial charge in [0.2, 0.25) is 11.8 Å². The van der Waals surface area contributed by atoms with Crippen molar-refractivity contribution in [2.75, 3.05) is 0 Å². The van der Waals surface area contributed by atoms with Crippen molar-refractivity contribution in [1.29, 1.82) is 0 Å². The molecule has 0 atom stereocenters. The molecule has 2 rings (SSSR count). The molecule has 1 heterocycles. The molecule has 2 aromatic rings. The Morgan fingerprint density at radius 3 is 2.40 bits per heavy atom. The third kappa shape index (κ3) is 3.81. The van der Waals surface area contributed by atoms with Gasteiger partial charge in [-0.25, -0.2) is 4.98 Å². The molecule has 102 valence electrons. The summed E-state index contributed by atoms with van der Waals surface area (Å²) in [6.07, 6.45) is 1.37. The fraction of sp³-hybridized carbons (Fsp3) is 0.0714. The van der Waals surface area contributed by atoms with E-state index in [0.29, 0.717) is 17.2 Å². The number of hydrogen-bond acceptors (Lipinski definition) is 4. The van der Waals surface area contributed by atoms with Crippen LogP contribution >= 0.6 is 0 Å². The molecule has 6 heteroatoms. The van der Waals surface area contributed by atoms with Crippen LogP contribution in [0.3, 0.4) is 0 Å². The monoisotopic (exact) mass is 271 g/mol. The highest BCUT2D eigenvalue weighted by Crippen LogP contribution is 2.18. The lowest BCUT2D eigenvalue weighted by molar-refractivity contribution is -0.119.